The first-order valence-corrected chi connectivity index (χ1v) is 14.6. The highest BCUT2D eigenvalue weighted by molar-refractivity contribution is 7.92. The van der Waals surface area contributed by atoms with Gasteiger partial charge in [0.15, 0.2) is 0 Å². The van der Waals surface area contributed by atoms with Crippen molar-refractivity contribution >= 4 is 50.7 Å². The molecule has 0 radical (unpaired) electrons. The third kappa shape index (κ3) is 7.23. The van der Waals surface area contributed by atoms with Crippen LogP contribution < -0.4 is 14.4 Å². The van der Waals surface area contributed by atoms with Crippen LogP contribution in [0.3, 0.4) is 0 Å². The first kappa shape index (κ1) is 30.3. The van der Waals surface area contributed by atoms with Crippen LogP contribution in [-0.2, 0) is 26.2 Å². The average Bonchev–Trinajstić information content (AvgIpc) is 2.93. The molecule has 8 nitrogen and oxygen atoms in total. The van der Waals surface area contributed by atoms with Crippen LogP contribution in [0.25, 0.3) is 0 Å². The molecule has 208 valence electrons. The molecule has 0 aliphatic heterocycles. The molecule has 3 aromatic carbocycles. The summed E-state index contributed by atoms with van der Waals surface area (Å²) in [5, 5.41) is 3.33. The largest absolute Gasteiger partial charge is 0.492 e. The van der Waals surface area contributed by atoms with Gasteiger partial charge in [-0.3, -0.25) is 13.9 Å². The van der Waals surface area contributed by atoms with E-state index in [2.05, 4.69) is 5.32 Å². The van der Waals surface area contributed by atoms with Gasteiger partial charge in [-0.1, -0.05) is 66.5 Å². The summed E-state index contributed by atoms with van der Waals surface area (Å²) in [5.74, 6) is -0.677. The lowest BCUT2D eigenvalue weighted by atomic mass is 10.1. The highest BCUT2D eigenvalue weighted by atomic mass is 35.5. The van der Waals surface area contributed by atoms with Crippen molar-refractivity contribution in [3.05, 3.63) is 88.4 Å². The summed E-state index contributed by atoms with van der Waals surface area (Å²) in [6, 6.07) is 18.4. The van der Waals surface area contributed by atoms with Gasteiger partial charge in [0.2, 0.25) is 11.8 Å². The molecule has 3 aromatic rings. The minimum absolute atomic E-state index is 0.00902. The summed E-state index contributed by atoms with van der Waals surface area (Å²) in [6.45, 7) is 3.23. The van der Waals surface area contributed by atoms with Gasteiger partial charge in [0.05, 0.1) is 17.2 Å². The van der Waals surface area contributed by atoms with Gasteiger partial charge in [0.25, 0.3) is 10.0 Å². The van der Waals surface area contributed by atoms with E-state index >= 15 is 0 Å². The standard InChI is InChI=1S/C28H31Cl2N3O5S/c1-4-24(28(35)31-3)32(18-20-15-16-21(29)17-23(20)30)27(34)19-33(25-13-9-10-14-26(25)38-5-2)39(36,37)22-11-7-6-8-12-22/h6-17,24H,4-5,18-19H2,1-3H3,(H,31,35)/t24-/m0/s1. The summed E-state index contributed by atoms with van der Waals surface area (Å²) >= 11 is 12.5. The normalized spacial score (nSPS) is 11.9. The topological polar surface area (TPSA) is 96.0 Å². The van der Waals surface area contributed by atoms with Gasteiger partial charge in [0, 0.05) is 23.6 Å². The van der Waals surface area contributed by atoms with E-state index in [0.717, 1.165) is 4.31 Å². The lowest BCUT2D eigenvalue weighted by Gasteiger charge is -2.33. The van der Waals surface area contributed by atoms with Gasteiger partial charge < -0.3 is 15.0 Å². The molecule has 0 aliphatic rings. The third-order valence-electron chi connectivity index (χ3n) is 6.03. The quantitative estimate of drug-likeness (QED) is 0.314. The van der Waals surface area contributed by atoms with Crippen LogP contribution in [0.4, 0.5) is 5.69 Å². The fraction of sp³-hybridized carbons (Fsp3) is 0.286. The van der Waals surface area contributed by atoms with Crippen LogP contribution in [-0.4, -0.2) is 51.4 Å². The number of hydrogen-bond acceptors (Lipinski definition) is 5. The van der Waals surface area contributed by atoms with Gasteiger partial charge >= 0.3 is 0 Å². The summed E-state index contributed by atoms with van der Waals surface area (Å²) in [4.78, 5) is 28.2. The molecule has 1 atom stereocenters. The molecule has 0 saturated carbocycles. The number of sulfonamides is 1. The predicted molar refractivity (Wildman–Crippen MR) is 154 cm³/mol. The number of amides is 2. The van der Waals surface area contributed by atoms with Crippen LogP contribution in [0.2, 0.25) is 10.0 Å². The number of rotatable bonds is 12. The van der Waals surface area contributed by atoms with Crippen molar-refractivity contribution in [3.63, 3.8) is 0 Å². The Morgan fingerprint density at radius 1 is 0.974 bits per heavy atom. The van der Waals surface area contributed by atoms with Gasteiger partial charge in [-0.25, -0.2) is 8.42 Å². The van der Waals surface area contributed by atoms with Crippen LogP contribution in [0.1, 0.15) is 25.8 Å². The number of carbonyl (C=O) groups is 2. The molecule has 0 bridgehead atoms. The summed E-state index contributed by atoms with van der Waals surface area (Å²) < 4.78 is 34.6. The van der Waals surface area contributed by atoms with E-state index < -0.39 is 28.5 Å². The molecule has 0 saturated heterocycles. The second kappa shape index (κ2) is 13.7. The number of benzene rings is 3. The molecule has 11 heteroatoms. The molecule has 0 heterocycles. The lowest BCUT2D eigenvalue weighted by Crippen LogP contribution is -2.51. The predicted octanol–water partition coefficient (Wildman–Crippen LogP) is 5.14. The zero-order valence-electron chi connectivity index (χ0n) is 21.9. The Morgan fingerprint density at radius 3 is 2.26 bits per heavy atom. The van der Waals surface area contributed by atoms with E-state index in [1.807, 2.05) is 0 Å². The van der Waals surface area contributed by atoms with Gasteiger partial charge in [-0.15, -0.1) is 0 Å². The Balaban J connectivity index is 2.12. The number of hydrogen-bond donors (Lipinski definition) is 1. The Labute approximate surface area is 239 Å². The first-order chi connectivity index (χ1) is 18.6. The fourth-order valence-corrected chi connectivity index (χ4v) is 6.01. The molecule has 0 aliphatic carbocycles. The van der Waals surface area contributed by atoms with Crippen LogP contribution in [0.15, 0.2) is 77.7 Å². The number of halogens is 2. The number of ether oxygens (including phenoxy) is 1. The Kier molecular flexibility index (Phi) is 10.6. The molecule has 0 fully saturated rings. The van der Waals surface area contributed by atoms with E-state index in [4.69, 9.17) is 27.9 Å². The minimum Gasteiger partial charge on any atom is -0.492 e. The molecule has 0 aromatic heterocycles. The fourth-order valence-electron chi connectivity index (χ4n) is 4.09. The second-order valence-electron chi connectivity index (χ2n) is 8.52. The number of anilines is 1. The molecule has 2 amide bonds. The third-order valence-corrected chi connectivity index (χ3v) is 8.39. The molecule has 0 unspecified atom stereocenters. The molecular formula is C28H31Cl2N3O5S. The zero-order chi connectivity index (χ0) is 28.6. The van der Waals surface area contributed by atoms with Crippen molar-refractivity contribution in [2.24, 2.45) is 0 Å². The number of carbonyl (C=O) groups excluding carboxylic acids is 2. The minimum atomic E-state index is -4.21. The maximum absolute atomic E-state index is 14.0. The first-order valence-electron chi connectivity index (χ1n) is 12.4. The average molecular weight is 593 g/mol. The van der Waals surface area contributed by atoms with Gasteiger partial charge in [-0.05, 0) is 55.3 Å². The highest BCUT2D eigenvalue weighted by Gasteiger charge is 2.34. The maximum Gasteiger partial charge on any atom is 0.264 e. The molecule has 3 rings (SSSR count). The summed E-state index contributed by atoms with van der Waals surface area (Å²) in [6.07, 6.45) is 0.289. The number of nitrogens with one attached hydrogen (secondary N) is 1. The van der Waals surface area contributed by atoms with Crippen LogP contribution >= 0.6 is 23.2 Å². The summed E-state index contributed by atoms with van der Waals surface area (Å²) in [7, 11) is -2.73. The van der Waals surface area contributed by atoms with Crippen molar-refractivity contribution < 1.29 is 22.7 Å². The van der Waals surface area contributed by atoms with E-state index in [1.54, 1.807) is 74.5 Å². The van der Waals surface area contributed by atoms with Gasteiger partial charge in [0.1, 0.15) is 18.3 Å². The van der Waals surface area contributed by atoms with Gasteiger partial charge in [-0.2, -0.15) is 0 Å². The maximum atomic E-state index is 14.0. The van der Waals surface area contributed by atoms with Crippen LogP contribution in [0, 0.1) is 0 Å². The van der Waals surface area contributed by atoms with Crippen molar-refractivity contribution in [3.8, 4) is 5.75 Å². The van der Waals surface area contributed by atoms with E-state index in [-0.39, 0.29) is 29.5 Å². The van der Waals surface area contributed by atoms with Crippen molar-refractivity contribution in [1.29, 1.82) is 0 Å². The number of likely N-dealkylation sites (N-methyl/N-ethyl adjacent to an activating group) is 1. The Morgan fingerprint density at radius 2 is 1.64 bits per heavy atom. The van der Waals surface area contributed by atoms with Crippen molar-refractivity contribution in [2.45, 2.75) is 37.8 Å². The number of para-hydroxylation sites is 2. The monoisotopic (exact) mass is 591 g/mol. The summed E-state index contributed by atoms with van der Waals surface area (Å²) in [5.41, 5.74) is 0.762. The van der Waals surface area contributed by atoms with Crippen LogP contribution in [0.5, 0.6) is 5.75 Å². The molecular weight excluding hydrogens is 561 g/mol. The Hall–Kier alpha value is -3.27. The smallest absolute Gasteiger partial charge is 0.264 e. The molecule has 0 spiro atoms. The van der Waals surface area contributed by atoms with Crippen molar-refractivity contribution in [2.75, 3.05) is 24.5 Å². The number of nitrogens with zero attached hydrogens (tertiary/aromatic N) is 2. The second-order valence-corrected chi connectivity index (χ2v) is 11.2. The lowest BCUT2D eigenvalue weighted by molar-refractivity contribution is -0.140. The van der Waals surface area contributed by atoms with Crippen molar-refractivity contribution in [1.82, 2.24) is 10.2 Å². The zero-order valence-corrected chi connectivity index (χ0v) is 24.3. The molecule has 39 heavy (non-hydrogen) atoms. The van der Waals surface area contributed by atoms with E-state index in [0.29, 0.717) is 28.0 Å². The highest BCUT2D eigenvalue weighted by Crippen LogP contribution is 2.33. The Bertz CT molecular complexity index is 1400. The van der Waals surface area contributed by atoms with E-state index in [9.17, 15) is 18.0 Å². The van der Waals surface area contributed by atoms with E-state index in [1.165, 1.54) is 24.1 Å². The molecule has 1 N–H and O–H groups in total. The SMILES string of the molecule is CCOc1ccccc1N(CC(=O)N(Cc1ccc(Cl)cc1Cl)[C@@H](CC)C(=O)NC)S(=O)(=O)c1ccccc1.